The predicted molar refractivity (Wildman–Crippen MR) is 113 cm³/mol. The molecule has 28 heavy (non-hydrogen) atoms. The maximum absolute atomic E-state index is 13.0. The Bertz CT molecular complexity index is 941. The lowest BCUT2D eigenvalue weighted by molar-refractivity contribution is 0.0162. The molecule has 4 rings (SSSR count). The average Bonchev–Trinajstić information content (AvgIpc) is 2.75. The van der Waals surface area contributed by atoms with Crippen molar-refractivity contribution >= 4 is 16.7 Å². The van der Waals surface area contributed by atoms with E-state index in [0.717, 1.165) is 42.6 Å². The quantitative estimate of drug-likeness (QED) is 0.735. The lowest BCUT2D eigenvalue weighted by atomic mass is 10.0. The molecule has 4 heteroatoms. The number of aryl methyl sites for hydroxylation is 1. The van der Waals surface area contributed by atoms with Gasteiger partial charge in [-0.3, -0.25) is 9.69 Å². The number of ether oxygens (including phenoxy) is 1. The van der Waals surface area contributed by atoms with Crippen LogP contribution in [-0.2, 0) is 4.74 Å². The molecule has 4 nitrogen and oxygen atoms in total. The summed E-state index contributed by atoms with van der Waals surface area (Å²) in [6.07, 6.45) is 0. The zero-order chi connectivity index (χ0) is 19.3. The third-order valence-corrected chi connectivity index (χ3v) is 5.44. The van der Waals surface area contributed by atoms with Crippen LogP contribution in [0.25, 0.3) is 10.8 Å². The second-order valence-electron chi connectivity index (χ2n) is 7.31. The van der Waals surface area contributed by atoms with Gasteiger partial charge in [0.25, 0.3) is 5.91 Å². The summed E-state index contributed by atoms with van der Waals surface area (Å²) in [5.41, 5.74) is 3.19. The third-order valence-electron chi connectivity index (χ3n) is 5.44. The largest absolute Gasteiger partial charge is 0.379 e. The van der Waals surface area contributed by atoms with Crippen molar-refractivity contribution < 1.29 is 9.53 Å². The summed E-state index contributed by atoms with van der Waals surface area (Å²) in [5.74, 6) is -0.0258. The van der Waals surface area contributed by atoms with E-state index in [0.29, 0.717) is 6.54 Å². The van der Waals surface area contributed by atoms with Gasteiger partial charge in [-0.25, -0.2) is 0 Å². The van der Waals surface area contributed by atoms with Crippen LogP contribution in [-0.4, -0.2) is 43.7 Å². The minimum absolute atomic E-state index is 0.0258. The SMILES string of the molecule is Cc1ccc(C(CNC(=O)c2cccc3ccccc23)N2CCOCC2)cc1. The highest BCUT2D eigenvalue weighted by molar-refractivity contribution is 6.07. The molecule has 0 radical (unpaired) electrons. The molecule has 3 aromatic rings. The monoisotopic (exact) mass is 374 g/mol. The Balaban J connectivity index is 1.54. The van der Waals surface area contributed by atoms with Crippen LogP contribution in [0.4, 0.5) is 0 Å². The summed E-state index contributed by atoms with van der Waals surface area (Å²) >= 11 is 0. The van der Waals surface area contributed by atoms with Crippen molar-refractivity contribution in [2.24, 2.45) is 0 Å². The lowest BCUT2D eigenvalue weighted by Crippen LogP contribution is -2.43. The van der Waals surface area contributed by atoms with Crippen LogP contribution in [0.5, 0.6) is 0 Å². The molecule has 0 aromatic heterocycles. The molecule has 144 valence electrons. The van der Waals surface area contributed by atoms with E-state index in [2.05, 4.69) is 41.4 Å². The predicted octanol–water partition coefficient (Wildman–Crippen LogP) is 3.95. The average molecular weight is 374 g/mol. The number of fused-ring (bicyclic) bond motifs is 1. The van der Waals surface area contributed by atoms with Gasteiger partial charge in [0.15, 0.2) is 0 Å². The van der Waals surface area contributed by atoms with Gasteiger partial charge in [0.05, 0.1) is 19.3 Å². The van der Waals surface area contributed by atoms with Crippen molar-refractivity contribution in [2.45, 2.75) is 13.0 Å². The van der Waals surface area contributed by atoms with Gasteiger partial charge in [-0.15, -0.1) is 0 Å². The number of carbonyl (C=O) groups excluding carboxylic acids is 1. The van der Waals surface area contributed by atoms with Crippen molar-refractivity contribution in [3.05, 3.63) is 83.4 Å². The van der Waals surface area contributed by atoms with E-state index in [1.54, 1.807) is 0 Å². The van der Waals surface area contributed by atoms with Crippen molar-refractivity contribution in [1.82, 2.24) is 10.2 Å². The van der Waals surface area contributed by atoms with Crippen LogP contribution >= 0.6 is 0 Å². The Morgan fingerprint density at radius 1 is 1.00 bits per heavy atom. The van der Waals surface area contributed by atoms with E-state index in [4.69, 9.17) is 4.74 Å². The minimum Gasteiger partial charge on any atom is -0.379 e. The fourth-order valence-corrected chi connectivity index (χ4v) is 3.84. The van der Waals surface area contributed by atoms with Gasteiger partial charge in [0.2, 0.25) is 0 Å². The van der Waals surface area contributed by atoms with Crippen molar-refractivity contribution in [1.29, 1.82) is 0 Å². The number of amides is 1. The van der Waals surface area contributed by atoms with Gasteiger partial charge in [0.1, 0.15) is 0 Å². The molecule has 1 unspecified atom stereocenters. The van der Waals surface area contributed by atoms with Crippen molar-refractivity contribution in [3.8, 4) is 0 Å². The molecule has 1 aliphatic heterocycles. The standard InChI is InChI=1S/C24H26N2O2/c1-18-9-11-20(12-10-18)23(26-13-15-28-16-14-26)17-25-24(27)22-8-4-6-19-5-2-3-7-21(19)22/h2-12,23H,13-17H2,1H3,(H,25,27). The molecule has 0 bridgehead atoms. The number of morpholine rings is 1. The van der Waals surface area contributed by atoms with Crippen LogP contribution in [0, 0.1) is 6.92 Å². The molecule has 0 saturated carbocycles. The highest BCUT2D eigenvalue weighted by Gasteiger charge is 2.23. The Morgan fingerprint density at radius 3 is 2.50 bits per heavy atom. The molecule has 1 N–H and O–H groups in total. The minimum atomic E-state index is -0.0258. The fourth-order valence-electron chi connectivity index (χ4n) is 3.84. The first-order valence-corrected chi connectivity index (χ1v) is 9.87. The van der Waals surface area contributed by atoms with Crippen molar-refractivity contribution in [3.63, 3.8) is 0 Å². The van der Waals surface area contributed by atoms with Crippen LogP contribution < -0.4 is 5.32 Å². The number of rotatable bonds is 5. The highest BCUT2D eigenvalue weighted by Crippen LogP contribution is 2.23. The number of hydrogen-bond donors (Lipinski definition) is 1. The summed E-state index contributed by atoms with van der Waals surface area (Å²) in [5, 5.41) is 5.25. The van der Waals surface area contributed by atoms with Crippen LogP contribution in [0.1, 0.15) is 27.5 Å². The fraction of sp³-hybridized carbons (Fsp3) is 0.292. The van der Waals surface area contributed by atoms with Gasteiger partial charge in [-0.1, -0.05) is 66.2 Å². The lowest BCUT2D eigenvalue weighted by Gasteiger charge is -2.35. The number of hydrogen-bond acceptors (Lipinski definition) is 3. The molecule has 1 amide bonds. The molecule has 1 atom stereocenters. The molecular weight excluding hydrogens is 348 g/mol. The normalized spacial score (nSPS) is 16.0. The molecule has 1 fully saturated rings. The number of benzene rings is 3. The van der Waals surface area contributed by atoms with Crippen LogP contribution in [0.15, 0.2) is 66.7 Å². The maximum atomic E-state index is 13.0. The Labute approximate surface area is 166 Å². The summed E-state index contributed by atoms with van der Waals surface area (Å²) in [6, 6.07) is 22.6. The second kappa shape index (κ2) is 8.55. The molecule has 1 saturated heterocycles. The Hall–Kier alpha value is -2.69. The summed E-state index contributed by atoms with van der Waals surface area (Å²) in [6.45, 7) is 5.89. The van der Waals surface area contributed by atoms with E-state index in [-0.39, 0.29) is 11.9 Å². The van der Waals surface area contributed by atoms with E-state index >= 15 is 0 Å². The first-order valence-electron chi connectivity index (χ1n) is 9.87. The molecule has 0 aliphatic carbocycles. The third kappa shape index (κ3) is 4.08. The number of nitrogens with one attached hydrogen (secondary N) is 1. The van der Waals surface area contributed by atoms with Crippen LogP contribution in [0.3, 0.4) is 0 Å². The van der Waals surface area contributed by atoms with Crippen molar-refractivity contribution in [2.75, 3.05) is 32.8 Å². The zero-order valence-electron chi connectivity index (χ0n) is 16.2. The molecule has 0 spiro atoms. The topological polar surface area (TPSA) is 41.6 Å². The van der Waals surface area contributed by atoms with E-state index in [9.17, 15) is 4.79 Å². The molecule has 1 aliphatic rings. The Kier molecular flexibility index (Phi) is 5.70. The smallest absolute Gasteiger partial charge is 0.251 e. The summed E-state index contributed by atoms with van der Waals surface area (Å²) in [7, 11) is 0. The second-order valence-corrected chi connectivity index (χ2v) is 7.31. The number of nitrogens with zero attached hydrogens (tertiary/aromatic N) is 1. The first kappa shape index (κ1) is 18.7. The highest BCUT2D eigenvalue weighted by atomic mass is 16.5. The van der Waals surface area contributed by atoms with Gasteiger partial charge < -0.3 is 10.1 Å². The van der Waals surface area contributed by atoms with Crippen LogP contribution in [0.2, 0.25) is 0 Å². The molecule has 1 heterocycles. The van der Waals surface area contributed by atoms with E-state index in [1.165, 1.54) is 11.1 Å². The van der Waals surface area contributed by atoms with Gasteiger partial charge >= 0.3 is 0 Å². The first-order chi connectivity index (χ1) is 13.7. The van der Waals surface area contributed by atoms with Gasteiger partial charge in [-0.05, 0) is 29.3 Å². The zero-order valence-corrected chi connectivity index (χ0v) is 16.2. The van der Waals surface area contributed by atoms with E-state index < -0.39 is 0 Å². The van der Waals surface area contributed by atoms with Gasteiger partial charge in [0, 0.05) is 25.2 Å². The van der Waals surface area contributed by atoms with Gasteiger partial charge in [-0.2, -0.15) is 0 Å². The maximum Gasteiger partial charge on any atom is 0.251 e. The summed E-state index contributed by atoms with van der Waals surface area (Å²) < 4.78 is 5.52. The summed E-state index contributed by atoms with van der Waals surface area (Å²) in [4.78, 5) is 15.4. The Morgan fingerprint density at radius 2 is 1.71 bits per heavy atom. The molecule has 3 aromatic carbocycles. The van der Waals surface area contributed by atoms with E-state index in [1.807, 2.05) is 42.5 Å². The number of carbonyl (C=O) groups is 1. The molecular formula is C24H26N2O2.